The van der Waals surface area contributed by atoms with E-state index in [1.54, 1.807) is 37.3 Å². The summed E-state index contributed by atoms with van der Waals surface area (Å²) in [6, 6.07) is 11.3. The van der Waals surface area contributed by atoms with E-state index in [4.69, 9.17) is 0 Å². The lowest BCUT2D eigenvalue weighted by atomic mass is 9.96. The first-order valence-corrected chi connectivity index (χ1v) is 8.63. The predicted octanol–water partition coefficient (Wildman–Crippen LogP) is 3.40. The Kier molecular flexibility index (Phi) is 4.36. The van der Waals surface area contributed by atoms with Gasteiger partial charge in [-0.3, -0.25) is 10.1 Å². The summed E-state index contributed by atoms with van der Waals surface area (Å²) in [6.45, 7) is 1.76. The molecule has 0 aliphatic rings. The first-order valence-electron chi connectivity index (χ1n) is 6.19. The zero-order chi connectivity index (χ0) is 15.6. The van der Waals surface area contributed by atoms with Crippen molar-refractivity contribution in [3.8, 4) is 11.1 Å². The van der Waals surface area contributed by atoms with Gasteiger partial charge in [0, 0.05) is 28.4 Å². The SMILES string of the molecule is CCc1c([N+](=O)[O-])ccc(S(=O)(O)=S)c1-c1ccccc1. The van der Waals surface area contributed by atoms with Crippen LogP contribution in [0.3, 0.4) is 0 Å². The van der Waals surface area contributed by atoms with Crippen molar-refractivity contribution in [3.63, 3.8) is 0 Å². The van der Waals surface area contributed by atoms with Crippen LogP contribution in [-0.4, -0.2) is 13.7 Å². The molecule has 0 spiro atoms. The van der Waals surface area contributed by atoms with Crippen molar-refractivity contribution < 1.29 is 13.7 Å². The Morgan fingerprint density at radius 1 is 1.24 bits per heavy atom. The van der Waals surface area contributed by atoms with Gasteiger partial charge >= 0.3 is 0 Å². The first-order chi connectivity index (χ1) is 9.86. The zero-order valence-electron chi connectivity index (χ0n) is 11.2. The van der Waals surface area contributed by atoms with Crippen molar-refractivity contribution in [2.45, 2.75) is 18.2 Å². The summed E-state index contributed by atoms with van der Waals surface area (Å²) < 4.78 is 21.7. The molecule has 0 saturated carbocycles. The molecule has 7 heteroatoms. The highest BCUT2D eigenvalue weighted by Crippen LogP contribution is 2.36. The van der Waals surface area contributed by atoms with E-state index in [0.717, 1.165) is 0 Å². The number of rotatable bonds is 4. The van der Waals surface area contributed by atoms with Crippen LogP contribution >= 0.6 is 0 Å². The van der Waals surface area contributed by atoms with E-state index < -0.39 is 13.7 Å². The van der Waals surface area contributed by atoms with Crippen LogP contribution in [0.25, 0.3) is 11.1 Å². The van der Waals surface area contributed by atoms with Crippen molar-refractivity contribution in [2.75, 3.05) is 0 Å². The van der Waals surface area contributed by atoms with Crippen LogP contribution in [0.4, 0.5) is 5.69 Å². The minimum atomic E-state index is -3.65. The average Bonchev–Trinajstić information content (AvgIpc) is 2.45. The fraction of sp³-hybridized carbons (Fsp3) is 0.143. The maximum atomic E-state index is 11.9. The van der Waals surface area contributed by atoms with E-state index in [-0.39, 0.29) is 10.6 Å². The Bertz CT molecular complexity index is 786. The fourth-order valence-electron chi connectivity index (χ4n) is 2.28. The molecule has 2 aromatic carbocycles. The highest BCUT2D eigenvalue weighted by molar-refractivity contribution is 8.29. The summed E-state index contributed by atoms with van der Waals surface area (Å²) in [4.78, 5) is 10.7. The van der Waals surface area contributed by atoms with E-state index in [2.05, 4.69) is 11.2 Å². The largest absolute Gasteiger partial charge is 0.302 e. The molecule has 0 fully saturated rings. The fourth-order valence-corrected chi connectivity index (χ4v) is 3.44. The van der Waals surface area contributed by atoms with Crippen LogP contribution in [0.5, 0.6) is 0 Å². The van der Waals surface area contributed by atoms with Gasteiger partial charge < -0.3 is 4.55 Å². The van der Waals surface area contributed by atoms with Gasteiger partial charge in [-0.05, 0) is 18.1 Å². The van der Waals surface area contributed by atoms with Crippen molar-refractivity contribution in [3.05, 3.63) is 58.1 Å². The summed E-state index contributed by atoms with van der Waals surface area (Å²) in [7, 11) is -3.65. The van der Waals surface area contributed by atoms with Crippen LogP contribution in [0.2, 0.25) is 0 Å². The molecule has 0 bridgehead atoms. The molecule has 0 amide bonds. The lowest BCUT2D eigenvalue weighted by Gasteiger charge is -2.14. The van der Waals surface area contributed by atoms with Crippen LogP contribution in [0, 0.1) is 10.1 Å². The molecule has 5 nitrogen and oxygen atoms in total. The molecule has 0 saturated heterocycles. The lowest BCUT2D eigenvalue weighted by Crippen LogP contribution is -2.05. The second-order valence-corrected chi connectivity index (χ2v) is 7.13. The third-order valence-corrected chi connectivity index (χ3v) is 4.58. The normalized spacial score (nSPS) is 13.6. The van der Waals surface area contributed by atoms with Crippen molar-refractivity contribution >= 4 is 25.6 Å². The molecule has 0 aromatic heterocycles. The second kappa shape index (κ2) is 5.88. The maximum Gasteiger partial charge on any atom is 0.273 e. The van der Waals surface area contributed by atoms with Crippen LogP contribution < -0.4 is 0 Å². The quantitative estimate of drug-likeness (QED) is 0.689. The molecule has 0 aliphatic heterocycles. The third-order valence-electron chi connectivity index (χ3n) is 3.14. The summed E-state index contributed by atoms with van der Waals surface area (Å²) in [5.41, 5.74) is 1.36. The minimum absolute atomic E-state index is 0.0474. The molecule has 1 atom stereocenters. The van der Waals surface area contributed by atoms with Crippen molar-refractivity contribution in [1.29, 1.82) is 0 Å². The number of nitro benzene ring substituents is 1. The Labute approximate surface area is 127 Å². The summed E-state index contributed by atoms with van der Waals surface area (Å²) in [6.07, 6.45) is 0.360. The standard InChI is InChI=1S/C14H13NO4S2/c1-2-11-12(15(16)17)8-9-13(21(18,19)20)14(11)10-6-4-3-5-7-10/h3-9H,2H2,1H3,(H,18,19,20). The molecule has 0 radical (unpaired) electrons. The Hall–Kier alpha value is -1.83. The highest BCUT2D eigenvalue weighted by atomic mass is 32.8. The molecule has 2 aromatic rings. The van der Waals surface area contributed by atoms with Crippen molar-refractivity contribution in [1.82, 2.24) is 0 Å². The molecule has 21 heavy (non-hydrogen) atoms. The van der Waals surface area contributed by atoms with Gasteiger partial charge in [-0.2, -0.15) is 0 Å². The van der Waals surface area contributed by atoms with Gasteiger partial charge in [0.25, 0.3) is 5.69 Å². The Balaban J connectivity index is 2.92. The summed E-state index contributed by atoms with van der Waals surface area (Å²) in [5, 5.41) is 11.2. The van der Waals surface area contributed by atoms with Gasteiger partial charge in [0.2, 0.25) is 0 Å². The monoisotopic (exact) mass is 323 g/mol. The number of nitrogens with zero attached hydrogens (tertiary/aromatic N) is 1. The summed E-state index contributed by atoms with van der Waals surface area (Å²) >= 11 is 4.67. The number of benzene rings is 2. The van der Waals surface area contributed by atoms with Gasteiger partial charge in [0.05, 0.1) is 9.82 Å². The van der Waals surface area contributed by atoms with Gasteiger partial charge in [-0.15, -0.1) is 0 Å². The molecule has 0 heterocycles. The smallest absolute Gasteiger partial charge is 0.273 e. The van der Waals surface area contributed by atoms with E-state index >= 15 is 0 Å². The first kappa shape index (κ1) is 15.6. The van der Waals surface area contributed by atoms with E-state index in [9.17, 15) is 18.9 Å². The number of hydrogen-bond acceptors (Lipinski definition) is 4. The molecule has 0 aliphatic carbocycles. The van der Waals surface area contributed by atoms with E-state index in [0.29, 0.717) is 23.1 Å². The van der Waals surface area contributed by atoms with Crippen LogP contribution in [0.1, 0.15) is 12.5 Å². The van der Waals surface area contributed by atoms with Crippen LogP contribution in [0.15, 0.2) is 47.4 Å². The van der Waals surface area contributed by atoms with Gasteiger partial charge in [0.15, 0.2) is 8.77 Å². The number of hydrogen-bond donors (Lipinski definition) is 1. The molecule has 110 valence electrons. The minimum Gasteiger partial charge on any atom is -0.302 e. The lowest BCUT2D eigenvalue weighted by molar-refractivity contribution is -0.385. The maximum absolute atomic E-state index is 11.9. The topological polar surface area (TPSA) is 80.4 Å². The third kappa shape index (κ3) is 3.10. The van der Waals surface area contributed by atoms with E-state index in [1.165, 1.54) is 12.1 Å². The Morgan fingerprint density at radius 2 is 1.86 bits per heavy atom. The highest BCUT2D eigenvalue weighted by Gasteiger charge is 2.24. The van der Waals surface area contributed by atoms with Gasteiger partial charge in [0.1, 0.15) is 0 Å². The summed E-state index contributed by atoms with van der Waals surface area (Å²) in [5.74, 6) is 0. The molecule has 1 unspecified atom stereocenters. The average molecular weight is 323 g/mol. The zero-order valence-corrected chi connectivity index (χ0v) is 12.8. The molecule has 1 N–H and O–H groups in total. The molecular weight excluding hydrogens is 310 g/mol. The van der Waals surface area contributed by atoms with Gasteiger partial charge in [-0.1, -0.05) is 37.3 Å². The predicted molar refractivity (Wildman–Crippen MR) is 84.3 cm³/mol. The Morgan fingerprint density at radius 3 is 2.33 bits per heavy atom. The molecular formula is C14H13NO4S2. The number of nitro groups is 1. The molecule has 2 rings (SSSR count). The van der Waals surface area contributed by atoms with Crippen molar-refractivity contribution in [2.24, 2.45) is 0 Å². The van der Waals surface area contributed by atoms with Crippen LogP contribution in [-0.2, 0) is 26.4 Å². The second-order valence-electron chi connectivity index (χ2n) is 4.39. The van der Waals surface area contributed by atoms with E-state index in [1.807, 2.05) is 0 Å². The van der Waals surface area contributed by atoms with Gasteiger partial charge in [-0.25, -0.2) is 4.21 Å².